The molecule has 0 radical (unpaired) electrons. The SMILES string of the molecule is C1=Cc2ccc(-c3ccc4c(c3)c3ccccc3n4-c3ccccc3)cc2Nc2ccccc21. The van der Waals surface area contributed by atoms with Gasteiger partial charge >= 0.3 is 0 Å². The van der Waals surface area contributed by atoms with Gasteiger partial charge in [-0.05, 0) is 64.7 Å². The van der Waals surface area contributed by atoms with Gasteiger partial charge in [-0.15, -0.1) is 0 Å². The van der Waals surface area contributed by atoms with Crippen molar-refractivity contribution < 1.29 is 0 Å². The number of nitrogens with zero attached hydrogens (tertiary/aromatic N) is 1. The maximum Gasteiger partial charge on any atom is 0.0541 e. The Hall–Kier alpha value is -4.56. The lowest BCUT2D eigenvalue weighted by molar-refractivity contribution is 1.18. The molecule has 2 heterocycles. The molecule has 0 aliphatic carbocycles. The molecule has 5 aromatic carbocycles. The molecule has 0 saturated heterocycles. The van der Waals surface area contributed by atoms with E-state index < -0.39 is 0 Å². The van der Waals surface area contributed by atoms with E-state index in [9.17, 15) is 0 Å². The van der Waals surface area contributed by atoms with Crippen LogP contribution in [-0.4, -0.2) is 4.57 Å². The zero-order chi connectivity index (χ0) is 22.5. The standard InChI is InChI=1S/C32H22N2/c1-2-9-26(10-3-1)34-31-13-7-5-11-27(31)28-20-24(18-19-32(28)34)25-17-16-23-15-14-22-8-4-6-12-29(22)33-30(23)21-25/h1-21,33H. The largest absolute Gasteiger partial charge is 0.355 e. The Balaban J connectivity index is 1.39. The van der Waals surface area contributed by atoms with Crippen LogP contribution in [0.25, 0.3) is 50.8 Å². The Kier molecular flexibility index (Phi) is 4.18. The van der Waals surface area contributed by atoms with Crippen LogP contribution >= 0.6 is 0 Å². The third-order valence-electron chi connectivity index (χ3n) is 6.75. The molecule has 2 heteroatoms. The van der Waals surface area contributed by atoms with Crippen molar-refractivity contribution in [1.82, 2.24) is 4.57 Å². The number of nitrogens with one attached hydrogen (secondary N) is 1. The van der Waals surface area contributed by atoms with Gasteiger partial charge < -0.3 is 9.88 Å². The third-order valence-corrected chi connectivity index (χ3v) is 6.75. The lowest BCUT2D eigenvalue weighted by atomic mass is 10.00. The number of para-hydroxylation sites is 3. The minimum absolute atomic E-state index is 1.13. The quantitative estimate of drug-likeness (QED) is 0.288. The minimum Gasteiger partial charge on any atom is -0.355 e. The molecule has 0 amide bonds. The lowest BCUT2D eigenvalue weighted by Gasteiger charge is -2.12. The van der Waals surface area contributed by atoms with Crippen molar-refractivity contribution >= 4 is 45.3 Å². The molecule has 7 rings (SSSR count). The Bertz CT molecular complexity index is 1720. The number of anilines is 2. The predicted octanol–water partition coefficient (Wildman–Crippen LogP) is 8.68. The summed E-state index contributed by atoms with van der Waals surface area (Å²) in [7, 11) is 0. The van der Waals surface area contributed by atoms with E-state index in [2.05, 4.69) is 137 Å². The highest BCUT2D eigenvalue weighted by molar-refractivity contribution is 6.10. The first-order valence-corrected chi connectivity index (χ1v) is 11.6. The van der Waals surface area contributed by atoms with Crippen molar-refractivity contribution in [2.45, 2.75) is 0 Å². The van der Waals surface area contributed by atoms with Gasteiger partial charge in [0, 0.05) is 27.8 Å². The van der Waals surface area contributed by atoms with Crippen molar-refractivity contribution in [2.75, 3.05) is 5.32 Å². The third kappa shape index (κ3) is 2.96. The van der Waals surface area contributed by atoms with Gasteiger partial charge in [0.1, 0.15) is 0 Å². The summed E-state index contributed by atoms with van der Waals surface area (Å²) in [6, 6.07) is 41.2. The van der Waals surface area contributed by atoms with Crippen LogP contribution in [-0.2, 0) is 0 Å². The van der Waals surface area contributed by atoms with E-state index in [4.69, 9.17) is 0 Å². The summed E-state index contributed by atoms with van der Waals surface area (Å²) in [4.78, 5) is 0. The maximum absolute atomic E-state index is 3.64. The molecule has 160 valence electrons. The van der Waals surface area contributed by atoms with Crippen LogP contribution in [0.2, 0.25) is 0 Å². The van der Waals surface area contributed by atoms with Gasteiger partial charge in [0.2, 0.25) is 0 Å². The van der Waals surface area contributed by atoms with Crippen molar-refractivity contribution in [3.8, 4) is 16.8 Å². The molecule has 0 unspecified atom stereocenters. The average Bonchev–Trinajstić information content (AvgIpc) is 3.10. The number of hydrogen-bond acceptors (Lipinski definition) is 1. The highest BCUT2D eigenvalue weighted by atomic mass is 15.0. The first-order chi connectivity index (χ1) is 16.8. The normalized spacial score (nSPS) is 12.2. The van der Waals surface area contributed by atoms with Gasteiger partial charge in [0.05, 0.1) is 11.0 Å². The molecule has 1 N–H and O–H groups in total. The summed E-state index contributed by atoms with van der Waals surface area (Å²) >= 11 is 0. The van der Waals surface area contributed by atoms with E-state index in [-0.39, 0.29) is 0 Å². The molecular weight excluding hydrogens is 412 g/mol. The number of fused-ring (bicyclic) bond motifs is 5. The van der Waals surface area contributed by atoms with Crippen LogP contribution < -0.4 is 5.32 Å². The fourth-order valence-corrected chi connectivity index (χ4v) is 5.08. The van der Waals surface area contributed by atoms with Crippen molar-refractivity contribution in [3.05, 3.63) is 126 Å². The van der Waals surface area contributed by atoms with Crippen LogP contribution in [0.5, 0.6) is 0 Å². The molecule has 0 fully saturated rings. The monoisotopic (exact) mass is 434 g/mol. The van der Waals surface area contributed by atoms with Crippen LogP contribution in [0.4, 0.5) is 11.4 Å². The summed E-state index contributed by atoms with van der Waals surface area (Å²) in [5, 5.41) is 6.18. The van der Waals surface area contributed by atoms with E-state index in [1.165, 1.54) is 49.7 Å². The van der Waals surface area contributed by atoms with Crippen LogP contribution in [0.3, 0.4) is 0 Å². The average molecular weight is 435 g/mol. The fraction of sp³-hybridized carbons (Fsp3) is 0. The van der Waals surface area contributed by atoms with E-state index >= 15 is 0 Å². The number of hydrogen-bond donors (Lipinski definition) is 1. The molecular formula is C32H22N2. The summed E-state index contributed by atoms with van der Waals surface area (Å²) in [5.41, 5.74) is 10.7. The Morgan fingerprint density at radius 2 is 1.15 bits per heavy atom. The zero-order valence-electron chi connectivity index (χ0n) is 18.6. The summed E-state index contributed by atoms with van der Waals surface area (Å²) in [5.74, 6) is 0. The smallest absolute Gasteiger partial charge is 0.0541 e. The Morgan fingerprint density at radius 3 is 2.06 bits per heavy atom. The van der Waals surface area contributed by atoms with Crippen molar-refractivity contribution in [2.24, 2.45) is 0 Å². The van der Waals surface area contributed by atoms with Gasteiger partial charge in [-0.3, -0.25) is 0 Å². The molecule has 2 nitrogen and oxygen atoms in total. The van der Waals surface area contributed by atoms with Gasteiger partial charge in [-0.2, -0.15) is 0 Å². The highest BCUT2D eigenvalue weighted by Gasteiger charge is 2.14. The first kappa shape index (κ1) is 19.0. The highest BCUT2D eigenvalue weighted by Crippen LogP contribution is 2.37. The summed E-state index contributed by atoms with van der Waals surface area (Å²) in [6.07, 6.45) is 4.37. The minimum atomic E-state index is 1.13. The summed E-state index contributed by atoms with van der Waals surface area (Å²) < 4.78 is 2.36. The Labute approximate surface area is 198 Å². The number of rotatable bonds is 2. The summed E-state index contributed by atoms with van der Waals surface area (Å²) in [6.45, 7) is 0. The fourth-order valence-electron chi connectivity index (χ4n) is 5.08. The Morgan fingerprint density at radius 1 is 0.471 bits per heavy atom. The molecule has 34 heavy (non-hydrogen) atoms. The van der Waals surface area contributed by atoms with Gasteiger partial charge in [0.25, 0.3) is 0 Å². The van der Waals surface area contributed by atoms with Crippen LogP contribution in [0.15, 0.2) is 115 Å². The molecule has 0 saturated carbocycles. The van der Waals surface area contributed by atoms with Crippen LogP contribution in [0, 0.1) is 0 Å². The van der Waals surface area contributed by atoms with Crippen LogP contribution in [0.1, 0.15) is 11.1 Å². The second kappa shape index (κ2) is 7.50. The van der Waals surface area contributed by atoms with Gasteiger partial charge in [0.15, 0.2) is 0 Å². The van der Waals surface area contributed by atoms with E-state index in [0.717, 1.165) is 11.4 Å². The predicted molar refractivity (Wildman–Crippen MR) is 145 cm³/mol. The molecule has 0 spiro atoms. The van der Waals surface area contributed by atoms with E-state index in [0.29, 0.717) is 0 Å². The zero-order valence-corrected chi connectivity index (χ0v) is 18.6. The molecule has 0 atom stereocenters. The first-order valence-electron chi connectivity index (χ1n) is 11.6. The molecule has 0 bridgehead atoms. The molecule has 1 aliphatic heterocycles. The number of benzene rings is 5. The lowest BCUT2D eigenvalue weighted by Crippen LogP contribution is -1.94. The maximum atomic E-state index is 3.64. The van der Waals surface area contributed by atoms with Gasteiger partial charge in [-0.25, -0.2) is 0 Å². The topological polar surface area (TPSA) is 17.0 Å². The molecule has 1 aliphatic rings. The van der Waals surface area contributed by atoms with E-state index in [1.807, 2.05) is 0 Å². The molecule has 6 aromatic rings. The van der Waals surface area contributed by atoms with Crippen molar-refractivity contribution in [3.63, 3.8) is 0 Å². The van der Waals surface area contributed by atoms with Crippen molar-refractivity contribution in [1.29, 1.82) is 0 Å². The van der Waals surface area contributed by atoms with Gasteiger partial charge in [-0.1, -0.05) is 84.9 Å². The molecule has 1 aromatic heterocycles. The second-order valence-corrected chi connectivity index (χ2v) is 8.77. The second-order valence-electron chi connectivity index (χ2n) is 8.77. The number of aromatic nitrogens is 1. The van der Waals surface area contributed by atoms with E-state index in [1.54, 1.807) is 0 Å².